The first-order chi connectivity index (χ1) is 12.7. The predicted octanol–water partition coefficient (Wildman–Crippen LogP) is 1.61. The highest BCUT2D eigenvalue weighted by atomic mass is 32.2. The van der Waals surface area contributed by atoms with Crippen molar-refractivity contribution in [2.45, 2.75) is 30.6 Å². The van der Waals surface area contributed by atoms with Gasteiger partial charge in [0.05, 0.1) is 12.5 Å². The number of hydrogen-bond acceptors (Lipinski definition) is 6. The van der Waals surface area contributed by atoms with Gasteiger partial charge in [0.25, 0.3) is 0 Å². The summed E-state index contributed by atoms with van der Waals surface area (Å²) in [6.07, 6.45) is 0.416. The van der Waals surface area contributed by atoms with E-state index in [2.05, 4.69) is 5.16 Å². The van der Waals surface area contributed by atoms with Gasteiger partial charge in [-0.3, -0.25) is 4.79 Å². The van der Waals surface area contributed by atoms with Gasteiger partial charge in [-0.25, -0.2) is 8.42 Å². The molecule has 1 aromatic carbocycles. The molecule has 4 rings (SSSR count). The quantitative estimate of drug-likeness (QED) is 0.789. The topological polar surface area (TPSA) is 93.0 Å². The van der Waals surface area contributed by atoms with Crippen molar-refractivity contribution in [3.05, 3.63) is 35.2 Å². The number of ether oxygens (including phenoxy) is 1. The van der Waals surface area contributed by atoms with Gasteiger partial charge < -0.3 is 14.2 Å². The van der Waals surface area contributed by atoms with Gasteiger partial charge in [0.15, 0.2) is 5.76 Å². The molecule has 0 N–H and O–H groups in total. The molecule has 2 aliphatic rings. The van der Waals surface area contributed by atoms with Crippen LogP contribution in [0, 0.1) is 13.8 Å². The summed E-state index contributed by atoms with van der Waals surface area (Å²) in [5, 5.41) is 3.76. The summed E-state index contributed by atoms with van der Waals surface area (Å²) in [5.41, 5.74) is 1.03. The third kappa shape index (κ3) is 2.34. The van der Waals surface area contributed by atoms with Crippen LogP contribution >= 0.6 is 0 Å². The summed E-state index contributed by atoms with van der Waals surface area (Å²) in [4.78, 5) is 14.8. The fraction of sp³-hybridized carbons (Fsp3) is 0.444. The van der Waals surface area contributed by atoms with E-state index in [1.165, 1.54) is 4.31 Å². The average Bonchev–Trinajstić information content (AvgIpc) is 3.29. The smallest absolute Gasteiger partial charge is 0.248 e. The second-order valence-corrected chi connectivity index (χ2v) is 8.95. The Bertz CT molecular complexity index is 1030. The van der Waals surface area contributed by atoms with Gasteiger partial charge in [-0.15, -0.1) is 0 Å². The Labute approximate surface area is 157 Å². The van der Waals surface area contributed by atoms with E-state index < -0.39 is 15.4 Å². The highest BCUT2D eigenvalue weighted by Crippen LogP contribution is 2.49. The molecule has 2 aromatic rings. The number of benzene rings is 1. The number of carbonyl (C=O) groups excluding carboxylic acids is 1. The number of rotatable bonds is 3. The van der Waals surface area contributed by atoms with E-state index in [-0.39, 0.29) is 29.7 Å². The molecule has 0 unspecified atom stereocenters. The maximum Gasteiger partial charge on any atom is 0.248 e. The molecule has 0 bridgehead atoms. The number of likely N-dealkylation sites (N-methyl/N-ethyl adjacent to an activating group) is 1. The van der Waals surface area contributed by atoms with Crippen molar-refractivity contribution in [1.29, 1.82) is 0 Å². The Morgan fingerprint density at radius 2 is 2.04 bits per heavy atom. The van der Waals surface area contributed by atoms with Gasteiger partial charge in [0.1, 0.15) is 16.3 Å². The Kier molecular flexibility index (Phi) is 3.87. The second-order valence-electron chi connectivity index (χ2n) is 7.07. The minimum absolute atomic E-state index is 0.0860. The summed E-state index contributed by atoms with van der Waals surface area (Å²) < 4.78 is 38.1. The lowest BCUT2D eigenvalue weighted by molar-refractivity contribution is -0.122. The Hall–Kier alpha value is -2.39. The van der Waals surface area contributed by atoms with Gasteiger partial charge in [0.2, 0.25) is 15.9 Å². The summed E-state index contributed by atoms with van der Waals surface area (Å²) in [5.74, 6) is 0.802. The molecule has 144 valence electrons. The lowest BCUT2D eigenvalue weighted by atomic mass is 9.81. The standard InChI is InChI=1S/C18H21N3O5S/c1-11-16(12(2)26-19-11)27(23,24)21-8-7-18(10-21)14-9-13(25-4)5-6-15(14)20(3)17(18)22/h5-6,9H,7-8,10H2,1-4H3/t18-/m1/s1. The maximum atomic E-state index is 13.2. The van der Waals surface area contributed by atoms with Crippen LogP contribution in [0.25, 0.3) is 0 Å². The van der Waals surface area contributed by atoms with E-state index in [4.69, 9.17) is 9.26 Å². The van der Waals surface area contributed by atoms with Crippen LogP contribution in [-0.2, 0) is 20.2 Å². The van der Waals surface area contributed by atoms with E-state index >= 15 is 0 Å². The molecule has 8 nitrogen and oxygen atoms in total. The lowest BCUT2D eigenvalue weighted by Crippen LogP contribution is -2.42. The van der Waals surface area contributed by atoms with Gasteiger partial charge in [-0.2, -0.15) is 4.31 Å². The molecule has 1 fully saturated rings. The summed E-state index contributed by atoms with van der Waals surface area (Å²) in [6, 6.07) is 5.48. The Morgan fingerprint density at radius 1 is 1.30 bits per heavy atom. The van der Waals surface area contributed by atoms with Crippen LogP contribution in [0.2, 0.25) is 0 Å². The summed E-state index contributed by atoms with van der Waals surface area (Å²) in [7, 11) is -0.521. The summed E-state index contributed by atoms with van der Waals surface area (Å²) in [6.45, 7) is 3.52. The molecule has 1 atom stereocenters. The predicted molar refractivity (Wildman–Crippen MR) is 97.4 cm³/mol. The average molecular weight is 391 g/mol. The molecule has 1 amide bonds. The number of nitrogens with zero attached hydrogens (tertiary/aromatic N) is 3. The molecule has 1 aromatic heterocycles. The summed E-state index contributed by atoms with van der Waals surface area (Å²) >= 11 is 0. The van der Waals surface area contributed by atoms with Gasteiger partial charge in [0, 0.05) is 25.8 Å². The van der Waals surface area contributed by atoms with E-state index in [1.54, 1.807) is 39.0 Å². The van der Waals surface area contributed by atoms with E-state index in [0.717, 1.165) is 11.3 Å². The van der Waals surface area contributed by atoms with E-state index in [0.29, 0.717) is 17.9 Å². The van der Waals surface area contributed by atoms with Crippen LogP contribution in [0.1, 0.15) is 23.4 Å². The SMILES string of the molecule is COc1ccc2c(c1)[C@]1(CCN(S(=O)(=O)c3c(C)noc3C)C1)C(=O)N2C. The zero-order valence-electron chi connectivity index (χ0n) is 15.6. The number of aryl methyl sites for hydroxylation is 2. The number of carbonyl (C=O) groups is 1. The Balaban J connectivity index is 1.78. The fourth-order valence-electron chi connectivity index (χ4n) is 4.21. The number of fused-ring (bicyclic) bond motifs is 2. The normalized spacial score (nSPS) is 22.7. The van der Waals surface area contributed by atoms with Crippen molar-refractivity contribution < 1.29 is 22.5 Å². The molecule has 1 saturated heterocycles. The zero-order chi connectivity index (χ0) is 19.6. The first kappa shape index (κ1) is 18.0. The van der Waals surface area contributed by atoms with E-state index in [9.17, 15) is 13.2 Å². The number of sulfonamides is 1. The maximum absolute atomic E-state index is 13.2. The van der Waals surface area contributed by atoms with Crippen LogP contribution in [-0.4, -0.2) is 51.0 Å². The third-order valence-electron chi connectivity index (χ3n) is 5.59. The number of aromatic nitrogens is 1. The van der Waals surface area contributed by atoms with Crippen LogP contribution in [0.3, 0.4) is 0 Å². The molecule has 27 heavy (non-hydrogen) atoms. The van der Waals surface area contributed by atoms with Gasteiger partial charge in [-0.05, 0) is 44.0 Å². The lowest BCUT2D eigenvalue weighted by Gasteiger charge is -2.23. The molecule has 3 heterocycles. The molecular formula is C18H21N3O5S. The van der Waals surface area contributed by atoms with Gasteiger partial charge >= 0.3 is 0 Å². The van der Waals surface area contributed by atoms with Crippen LogP contribution in [0.4, 0.5) is 5.69 Å². The molecule has 1 spiro atoms. The van der Waals surface area contributed by atoms with Crippen molar-refractivity contribution in [1.82, 2.24) is 9.46 Å². The van der Waals surface area contributed by atoms with E-state index in [1.807, 2.05) is 12.1 Å². The Morgan fingerprint density at radius 3 is 2.67 bits per heavy atom. The van der Waals surface area contributed by atoms with Crippen LogP contribution in [0.5, 0.6) is 5.75 Å². The number of anilines is 1. The minimum Gasteiger partial charge on any atom is -0.497 e. The monoisotopic (exact) mass is 391 g/mol. The van der Waals surface area contributed by atoms with Gasteiger partial charge in [-0.1, -0.05) is 5.16 Å². The van der Waals surface area contributed by atoms with Crippen molar-refractivity contribution >= 4 is 21.6 Å². The fourth-order valence-corrected chi connectivity index (χ4v) is 6.00. The van der Waals surface area contributed by atoms with Crippen molar-refractivity contribution in [2.24, 2.45) is 0 Å². The molecule has 0 saturated carbocycles. The number of hydrogen-bond donors (Lipinski definition) is 0. The zero-order valence-corrected chi connectivity index (χ0v) is 16.5. The molecule has 2 aliphatic heterocycles. The molecule has 9 heteroatoms. The highest BCUT2D eigenvalue weighted by Gasteiger charge is 2.56. The first-order valence-corrected chi connectivity index (χ1v) is 10.1. The second kappa shape index (κ2) is 5.80. The van der Waals surface area contributed by atoms with Crippen LogP contribution in [0.15, 0.2) is 27.6 Å². The van der Waals surface area contributed by atoms with Crippen molar-refractivity contribution in [3.8, 4) is 5.75 Å². The first-order valence-electron chi connectivity index (χ1n) is 8.62. The minimum atomic E-state index is -3.80. The number of amides is 1. The molecule has 0 radical (unpaired) electrons. The highest BCUT2D eigenvalue weighted by molar-refractivity contribution is 7.89. The van der Waals surface area contributed by atoms with Crippen molar-refractivity contribution in [3.63, 3.8) is 0 Å². The van der Waals surface area contributed by atoms with Crippen LogP contribution < -0.4 is 9.64 Å². The molecular weight excluding hydrogens is 370 g/mol. The molecule has 0 aliphatic carbocycles. The van der Waals surface area contributed by atoms with Crippen molar-refractivity contribution in [2.75, 3.05) is 32.1 Å². The number of methoxy groups -OCH3 is 1. The third-order valence-corrected chi connectivity index (χ3v) is 7.68. The largest absolute Gasteiger partial charge is 0.497 e.